The lowest BCUT2D eigenvalue weighted by Crippen LogP contribution is -2.49. The van der Waals surface area contributed by atoms with Gasteiger partial charge in [-0.15, -0.1) is 0 Å². The summed E-state index contributed by atoms with van der Waals surface area (Å²) >= 11 is 0. The van der Waals surface area contributed by atoms with Crippen molar-refractivity contribution in [1.29, 1.82) is 0 Å². The van der Waals surface area contributed by atoms with Crippen LogP contribution in [0.5, 0.6) is 0 Å². The van der Waals surface area contributed by atoms with Crippen molar-refractivity contribution in [3.63, 3.8) is 0 Å². The van der Waals surface area contributed by atoms with Gasteiger partial charge in [-0.1, -0.05) is 121 Å². The lowest BCUT2D eigenvalue weighted by molar-refractivity contribution is -0.139. The Morgan fingerprint density at radius 2 is 0.800 bits per heavy atom. The Morgan fingerprint density at radius 1 is 0.500 bits per heavy atom. The maximum absolute atomic E-state index is 14.6. The summed E-state index contributed by atoms with van der Waals surface area (Å²) in [5.41, 5.74) is 3.88. The fourth-order valence-corrected chi connectivity index (χ4v) is 7.52. The highest BCUT2D eigenvalue weighted by Gasteiger charge is 2.50. The van der Waals surface area contributed by atoms with E-state index in [2.05, 4.69) is 0 Å². The van der Waals surface area contributed by atoms with Gasteiger partial charge < -0.3 is 19.7 Å². The number of hydrogen-bond acceptors (Lipinski definition) is 5. The standard InChI is InChI=1S/C34H36O5S/c35-31-32(36)34(39-24-28-19-11-4-12-20-28)30(22-26-15-7-2-8-16-26)40(37)29(21-25-13-5-1-6-14-25)33(31)38-23-27-17-9-3-10-18-27/h1-20,29-36H,21-24H2/t29-,30-,31-,32-,33+,34+/m1/s1. The zero-order valence-electron chi connectivity index (χ0n) is 22.4. The van der Waals surface area contributed by atoms with Gasteiger partial charge >= 0.3 is 0 Å². The molecule has 5 nitrogen and oxygen atoms in total. The van der Waals surface area contributed by atoms with Crippen molar-refractivity contribution in [3.8, 4) is 0 Å². The zero-order valence-corrected chi connectivity index (χ0v) is 23.2. The molecule has 2 N–H and O–H groups in total. The van der Waals surface area contributed by atoms with Crippen LogP contribution in [0.3, 0.4) is 0 Å². The van der Waals surface area contributed by atoms with E-state index in [4.69, 9.17) is 9.47 Å². The average Bonchev–Trinajstić information content (AvgIpc) is 3.07. The molecule has 4 aromatic rings. The normalized spacial score (nSPS) is 26.7. The summed E-state index contributed by atoms with van der Waals surface area (Å²) in [4.78, 5) is 0. The van der Waals surface area contributed by atoms with Gasteiger partial charge in [0.1, 0.15) is 24.4 Å². The van der Waals surface area contributed by atoms with Gasteiger partial charge in [0.15, 0.2) is 0 Å². The minimum absolute atomic E-state index is 0.233. The van der Waals surface area contributed by atoms with E-state index in [1.165, 1.54) is 0 Å². The third-order valence-corrected chi connectivity index (χ3v) is 9.55. The largest absolute Gasteiger partial charge is 0.388 e. The van der Waals surface area contributed by atoms with Crippen LogP contribution in [0.2, 0.25) is 0 Å². The first kappa shape index (κ1) is 28.4. The Bertz CT molecular complexity index is 1220. The van der Waals surface area contributed by atoms with Crippen LogP contribution in [0, 0.1) is 0 Å². The van der Waals surface area contributed by atoms with Crippen molar-refractivity contribution < 1.29 is 23.9 Å². The average molecular weight is 557 g/mol. The predicted molar refractivity (Wildman–Crippen MR) is 158 cm³/mol. The molecule has 0 radical (unpaired) electrons. The molecule has 6 heteroatoms. The molecule has 0 aliphatic carbocycles. The molecule has 0 unspecified atom stereocenters. The first-order valence-corrected chi connectivity index (χ1v) is 15.0. The lowest BCUT2D eigenvalue weighted by atomic mass is 9.94. The third-order valence-electron chi connectivity index (χ3n) is 7.48. The monoisotopic (exact) mass is 556 g/mol. The molecule has 1 heterocycles. The summed E-state index contributed by atoms with van der Waals surface area (Å²) < 4.78 is 27.3. The van der Waals surface area contributed by atoms with E-state index in [1.54, 1.807) is 0 Å². The minimum atomic E-state index is -1.52. The Hall–Kier alpha value is -3.13. The zero-order chi connectivity index (χ0) is 27.7. The van der Waals surface area contributed by atoms with Gasteiger partial charge in [0.25, 0.3) is 0 Å². The quantitative estimate of drug-likeness (QED) is 0.292. The molecule has 5 rings (SSSR count). The van der Waals surface area contributed by atoms with Gasteiger partial charge in [-0.3, -0.25) is 4.21 Å². The molecule has 0 bridgehead atoms. The molecule has 1 aliphatic rings. The summed E-state index contributed by atoms with van der Waals surface area (Å²) in [6.45, 7) is 0.466. The topological polar surface area (TPSA) is 76.0 Å². The van der Waals surface area contributed by atoms with Crippen LogP contribution in [0.1, 0.15) is 22.3 Å². The van der Waals surface area contributed by atoms with Crippen molar-refractivity contribution in [2.75, 3.05) is 0 Å². The van der Waals surface area contributed by atoms with Crippen LogP contribution in [0.25, 0.3) is 0 Å². The highest BCUT2D eigenvalue weighted by atomic mass is 32.2. The summed E-state index contributed by atoms with van der Waals surface area (Å²) in [5, 5.41) is 22.1. The van der Waals surface area contributed by atoms with Gasteiger partial charge in [0.05, 0.1) is 23.7 Å². The number of aliphatic hydroxyl groups excluding tert-OH is 2. The lowest BCUT2D eigenvalue weighted by Gasteiger charge is -2.31. The van der Waals surface area contributed by atoms with E-state index in [9.17, 15) is 14.4 Å². The molecule has 6 atom stereocenters. The minimum Gasteiger partial charge on any atom is -0.388 e. The van der Waals surface area contributed by atoms with Crippen LogP contribution >= 0.6 is 0 Å². The van der Waals surface area contributed by atoms with Crippen LogP contribution in [0.4, 0.5) is 0 Å². The highest BCUT2D eigenvalue weighted by molar-refractivity contribution is 7.86. The first-order valence-electron chi connectivity index (χ1n) is 13.7. The number of ether oxygens (including phenoxy) is 2. The Balaban J connectivity index is 1.50. The van der Waals surface area contributed by atoms with Gasteiger partial charge in [-0.25, -0.2) is 0 Å². The van der Waals surface area contributed by atoms with Gasteiger partial charge in [0, 0.05) is 10.8 Å². The SMILES string of the molecule is O=S1[C@H](Cc2ccccc2)[C@H](OCc2ccccc2)[C@H](O)[C@@H](O)[C@@H](OCc2ccccc2)[C@H]1Cc1ccccc1. The molecule has 1 fully saturated rings. The highest BCUT2D eigenvalue weighted by Crippen LogP contribution is 2.32. The first-order chi connectivity index (χ1) is 19.6. The summed E-state index contributed by atoms with van der Waals surface area (Å²) in [6.07, 6.45) is -3.42. The predicted octanol–water partition coefficient (Wildman–Crippen LogP) is 4.86. The maximum atomic E-state index is 14.6. The smallest absolute Gasteiger partial charge is 0.110 e. The molecule has 0 spiro atoms. The molecule has 208 valence electrons. The Labute approximate surface area is 238 Å². The van der Waals surface area contributed by atoms with Crippen LogP contribution in [-0.4, -0.2) is 49.3 Å². The molecule has 40 heavy (non-hydrogen) atoms. The second kappa shape index (κ2) is 14.0. The van der Waals surface area contributed by atoms with Gasteiger partial charge in [-0.2, -0.15) is 0 Å². The van der Waals surface area contributed by atoms with E-state index < -0.39 is 45.7 Å². The second-order valence-corrected chi connectivity index (χ2v) is 12.2. The van der Waals surface area contributed by atoms with E-state index in [0.717, 1.165) is 22.3 Å². The maximum Gasteiger partial charge on any atom is 0.110 e. The molecule has 1 aliphatic heterocycles. The number of benzene rings is 4. The van der Waals surface area contributed by atoms with Crippen LogP contribution in [-0.2, 0) is 46.3 Å². The molecule has 0 amide bonds. The van der Waals surface area contributed by atoms with Gasteiger partial charge in [0.2, 0.25) is 0 Å². The molecule has 0 aromatic heterocycles. The van der Waals surface area contributed by atoms with Crippen molar-refractivity contribution in [2.45, 2.75) is 61.0 Å². The number of aliphatic hydroxyl groups is 2. The molecule has 1 saturated heterocycles. The molecule has 4 aromatic carbocycles. The molecular weight excluding hydrogens is 520 g/mol. The van der Waals surface area contributed by atoms with E-state index >= 15 is 0 Å². The van der Waals surface area contributed by atoms with Gasteiger partial charge in [-0.05, 0) is 35.1 Å². The number of hydrogen-bond donors (Lipinski definition) is 2. The fraction of sp³-hybridized carbons (Fsp3) is 0.294. The van der Waals surface area contributed by atoms with Crippen molar-refractivity contribution in [2.24, 2.45) is 0 Å². The Morgan fingerprint density at radius 3 is 1.12 bits per heavy atom. The summed E-state index contributed by atoms with van der Waals surface area (Å²) in [5.74, 6) is 0. The van der Waals surface area contributed by atoms with Crippen LogP contribution < -0.4 is 0 Å². The summed E-state index contributed by atoms with van der Waals surface area (Å²) in [6, 6.07) is 39.1. The fourth-order valence-electron chi connectivity index (χ4n) is 5.35. The Kier molecular flexibility index (Phi) is 9.92. The molecule has 0 saturated carbocycles. The molecular formula is C34H36O5S. The van der Waals surface area contributed by atoms with Crippen molar-refractivity contribution in [3.05, 3.63) is 144 Å². The van der Waals surface area contributed by atoms with E-state index in [1.807, 2.05) is 121 Å². The van der Waals surface area contributed by atoms with E-state index in [0.29, 0.717) is 12.8 Å². The summed E-state index contributed by atoms with van der Waals surface area (Å²) in [7, 11) is -1.52. The number of rotatable bonds is 10. The van der Waals surface area contributed by atoms with Crippen LogP contribution in [0.15, 0.2) is 121 Å². The third kappa shape index (κ3) is 7.14. The van der Waals surface area contributed by atoms with Crippen molar-refractivity contribution in [1.82, 2.24) is 0 Å². The second-order valence-electron chi connectivity index (χ2n) is 10.3. The van der Waals surface area contributed by atoms with E-state index in [-0.39, 0.29) is 13.2 Å². The van der Waals surface area contributed by atoms with Crippen molar-refractivity contribution >= 4 is 10.8 Å².